The van der Waals surface area contributed by atoms with E-state index in [9.17, 15) is 13.2 Å². The van der Waals surface area contributed by atoms with Crippen molar-refractivity contribution in [3.8, 4) is 5.88 Å². The highest BCUT2D eigenvalue weighted by Gasteiger charge is 2.33. The van der Waals surface area contributed by atoms with Gasteiger partial charge in [0.05, 0.1) is 25.2 Å². The number of hydrogen-bond donors (Lipinski definition) is 1. The minimum atomic E-state index is -3.05. The summed E-state index contributed by atoms with van der Waals surface area (Å²) in [5.41, 5.74) is 0.821. The van der Waals surface area contributed by atoms with Gasteiger partial charge in [0.25, 0.3) is 0 Å². The van der Waals surface area contributed by atoms with Gasteiger partial charge in [-0.3, -0.25) is 9.69 Å². The number of carbonyl (C=O) groups is 1. The third-order valence-corrected chi connectivity index (χ3v) is 5.21. The number of carboxylic acid groups (broad SMARTS) is 1. The Morgan fingerprint density at radius 3 is 2.76 bits per heavy atom. The van der Waals surface area contributed by atoms with Gasteiger partial charge in [0.1, 0.15) is 0 Å². The highest BCUT2D eigenvalue weighted by atomic mass is 32.2. The molecule has 2 rings (SSSR count). The van der Waals surface area contributed by atoms with Gasteiger partial charge in [-0.05, 0) is 12.0 Å². The summed E-state index contributed by atoms with van der Waals surface area (Å²) in [5, 5.41) is 9.01. The Labute approximate surface area is 123 Å². The monoisotopic (exact) mass is 314 g/mol. The lowest BCUT2D eigenvalue weighted by molar-refractivity contribution is -0.139. The van der Waals surface area contributed by atoms with E-state index in [0.717, 1.165) is 5.56 Å². The fourth-order valence-electron chi connectivity index (χ4n) is 2.41. The van der Waals surface area contributed by atoms with E-state index >= 15 is 0 Å². The van der Waals surface area contributed by atoms with Crippen LogP contribution in [0.1, 0.15) is 12.0 Å². The number of pyridine rings is 1. The molecule has 0 amide bonds. The van der Waals surface area contributed by atoms with Crippen LogP contribution < -0.4 is 4.74 Å². The smallest absolute Gasteiger partial charge is 0.317 e. The Bertz CT molecular complexity index is 599. The van der Waals surface area contributed by atoms with Crippen LogP contribution >= 0.6 is 0 Å². The predicted octanol–water partition coefficient (Wildman–Crippen LogP) is 0.164. The first-order valence-electron chi connectivity index (χ1n) is 6.55. The third kappa shape index (κ3) is 4.40. The zero-order valence-corrected chi connectivity index (χ0v) is 12.5. The topological polar surface area (TPSA) is 96.8 Å². The molecule has 1 saturated heterocycles. The molecular weight excluding hydrogens is 296 g/mol. The fraction of sp³-hybridized carbons (Fsp3) is 0.538. The summed E-state index contributed by atoms with van der Waals surface area (Å²) in [6, 6.07) is 3.23. The van der Waals surface area contributed by atoms with Gasteiger partial charge < -0.3 is 9.84 Å². The average Bonchev–Trinajstić information content (AvgIpc) is 2.79. The minimum Gasteiger partial charge on any atom is -0.481 e. The van der Waals surface area contributed by atoms with Crippen molar-refractivity contribution in [2.45, 2.75) is 19.0 Å². The average molecular weight is 314 g/mol. The second-order valence-electron chi connectivity index (χ2n) is 5.06. The largest absolute Gasteiger partial charge is 0.481 e. The van der Waals surface area contributed by atoms with Crippen LogP contribution in [0.5, 0.6) is 5.88 Å². The Morgan fingerprint density at radius 2 is 2.29 bits per heavy atom. The van der Waals surface area contributed by atoms with Crippen molar-refractivity contribution in [1.82, 2.24) is 9.88 Å². The van der Waals surface area contributed by atoms with E-state index in [-0.39, 0.29) is 24.1 Å². The zero-order chi connectivity index (χ0) is 15.5. The zero-order valence-electron chi connectivity index (χ0n) is 11.7. The summed E-state index contributed by atoms with van der Waals surface area (Å²) < 4.78 is 28.1. The normalized spacial score (nSPS) is 20.6. The second kappa shape index (κ2) is 6.40. The van der Waals surface area contributed by atoms with Gasteiger partial charge in [-0.2, -0.15) is 0 Å². The van der Waals surface area contributed by atoms with Crippen LogP contribution in [-0.2, 0) is 21.2 Å². The molecule has 1 fully saturated rings. The molecular formula is C13H18N2O5S. The predicted molar refractivity (Wildman–Crippen MR) is 75.9 cm³/mol. The molecule has 0 aromatic carbocycles. The number of hydrogen-bond acceptors (Lipinski definition) is 6. The van der Waals surface area contributed by atoms with Crippen molar-refractivity contribution in [3.63, 3.8) is 0 Å². The van der Waals surface area contributed by atoms with Gasteiger partial charge in [-0.1, -0.05) is 6.07 Å². The van der Waals surface area contributed by atoms with E-state index in [4.69, 9.17) is 9.84 Å². The molecule has 0 spiro atoms. The summed E-state index contributed by atoms with van der Waals surface area (Å²) >= 11 is 0. The van der Waals surface area contributed by atoms with Crippen LogP contribution in [0.2, 0.25) is 0 Å². The van der Waals surface area contributed by atoms with E-state index in [0.29, 0.717) is 18.8 Å². The number of aromatic nitrogens is 1. The molecule has 7 nitrogen and oxygen atoms in total. The van der Waals surface area contributed by atoms with Crippen molar-refractivity contribution in [2.24, 2.45) is 0 Å². The summed E-state index contributed by atoms with van der Waals surface area (Å²) in [6.07, 6.45) is 2.08. The quantitative estimate of drug-likeness (QED) is 0.799. The molecule has 1 aromatic rings. The molecule has 1 aliphatic heterocycles. The van der Waals surface area contributed by atoms with Crippen LogP contribution in [0.15, 0.2) is 18.3 Å². The van der Waals surface area contributed by atoms with E-state index < -0.39 is 15.8 Å². The number of carboxylic acids is 1. The van der Waals surface area contributed by atoms with Gasteiger partial charge in [0, 0.05) is 24.8 Å². The van der Waals surface area contributed by atoms with Crippen LogP contribution in [0.25, 0.3) is 0 Å². The number of methoxy groups -OCH3 is 1. The maximum atomic E-state index is 11.6. The highest BCUT2D eigenvalue weighted by Crippen LogP contribution is 2.20. The Balaban J connectivity index is 2.10. The molecule has 1 N–H and O–H groups in total. The van der Waals surface area contributed by atoms with Gasteiger partial charge >= 0.3 is 5.97 Å². The third-order valence-electron chi connectivity index (χ3n) is 3.46. The Hall–Kier alpha value is -1.67. The van der Waals surface area contributed by atoms with Crippen LogP contribution in [0.3, 0.4) is 0 Å². The van der Waals surface area contributed by atoms with Gasteiger partial charge in [-0.25, -0.2) is 13.4 Å². The van der Waals surface area contributed by atoms with E-state index in [1.165, 1.54) is 7.11 Å². The molecule has 1 aromatic heterocycles. The lowest BCUT2D eigenvalue weighted by atomic mass is 10.2. The van der Waals surface area contributed by atoms with Gasteiger partial charge in [0.2, 0.25) is 5.88 Å². The van der Waals surface area contributed by atoms with E-state index in [1.807, 2.05) is 0 Å². The van der Waals surface area contributed by atoms with Crippen molar-refractivity contribution in [2.75, 3.05) is 25.2 Å². The van der Waals surface area contributed by atoms with Crippen LogP contribution in [-0.4, -0.2) is 60.6 Å². The molecule has 1 aliphatic rings. The summed E-state index contributed by atoms with van der Waals surface area (Å²) in [5.74, 6) is -0.355. The first kappa shape index (κ1) is 15.7. The van der Waals surface area contributed by atoms with Crippen molar-refractivity contribution >= 4 is 15.8 Å². The number of aliphatic carboxylic acids is 1. The highest BCUT2D eigenvalue weighted by molar-refractivity contribution is 7.91. The first-order chi connectivity index (χ1) is 9.89. The molecule has 0 aliphatic carbocycles. The molecule has 116 valence electrons. The number of ether oxygens (including phenoxy) is 1. The number of nitrogens with zero attached hydrogens (tertiary/aromatic N) is 2. The first-order valence-corrected chi connectivity index (χ1v) is 8.37. The SMILES string of the molecule is COc1ccc(CN(CC(=O)O)C2CCS(=O)(=O)C2)cn1. The molecule has 21 heavy (non-hydrogen) atoms. The summed E-state index contributed by atoms with van der Waals surface area (Å²) in [4.78, 5) is 16.7. The molecule has 0 saturated carbocycles. The van der Waals surface area contributed by atoms with Crippen molar-refractivity contribution in [1.29, 1.82) is 0 Å². The van der Waals surface area contributed by atoms with Crippen LogP contribution in [0, 0.1) is 0 Å². The van der Waals surface area contributed by atoms with Crippen molar-refractivity contribution < 1.29 is 23.1 Å². The summed E-state index contributed by atoms with van der Waals surface area (Å²) in [7, 11) is -1.53. The van der Waals surface area contributed by atoms with E-state index in [2.05, 4.69) is 4.98 Å². The Morgan fingerprint density at radius 1 is 1.52 bits per heavy atom. The standard InChI is InChI=1S/C13H18N2O5S/c1-20-12-3-2-10(6-14-12)7-15(8-13(16)17)11-4-5-21(18,19)9-11/h2-3,6,11H,4-5,7-9H2,1H3,(H,16,17). The Kier molecular flexibility index (Phi) is 4.79. The molecule has 2 heterocycles. The molecule has 1 unspecified atom stereocenters. The molecule has 0 radical (unpaired) electrons. The van der Waals surface area contributed by atoms with Gasteiger partial charge in [0.15, 0.2) is 9.84 Å². The number of sulfone groups is 1. The second-order valence-corrected chi connectivity index (χ2v) is 7.29. The van der Waals surface area contributed by atoms with Crippen LogP contribution in [0.4, 0.5) is 0 Å². The maximum absolute atomic E-state index is 11.6. The van der Waals surface area contributed by atoms with E-state index in [1.54, 1.807) is 23.2 Å². The minimum absolute atomic E-state index is 0.0177. The van der Waals surface area contributed by atoms with Crippen molar-refractivity contribution in [3.05, 3.63) is 23.9 Å². The summed E-state index contributed by atoms with van der Waals surface area (Å²) in [6.45, 7) is 0.162. The number of rotatable bonds is 6. The molecule has 0 bridgehead atoms. The lowest BCUT2D eigenvalue weighted by Gasteiger charge is -2.26. The molecule has 8 heteroatoms. The fourth-order valence-corrected chi connectivity index (χ4v) is 4.17. The maximum Gasteiger partial charge on any atom is 0.317 e. The van der Waals surface area contributed by atoms with Gasteiger partial charge in [-0.15, -0.1) is 0 Å². The molecule has 1 atom stereocenters. The lowest BCUT2D eigenvalue weighted by Crippen LogP contribution is -2.39.